The fraction of sp³-hybridized carbons (Fsp3) is 0.400. The third-order valence-corrected chi connectivity index (χ3v) is 3.58. The lowest BCUT2D eigenvalue weighted by Gasteiger charge is -2.30. The van der Waals surface area contributed by atoms with E-state index in [9.17, 15) is 4.55 Å². The van der Waals surface area contributed by atoms with Gasteiger partial charge in [-0.15, -0.1) is 0 Å². The highest BCUT2D eigenvalue weighted by atomic mass is 32.2. The third-order valence-electron chi connectivity index (χ3n) is 2.33. The molecule has 0 fully saturated rings. The van der Waals surface area contributed by atoms with Crippen LogP contribution in [0.3, 0.4) is 0 Å². The third kappa shape index (κ3) is 1.91. The Balaban J connectivity index is 3.65. The molecule has 0 amide bonds. The molecule has 1 rings (SSSR count). The molecule has 1 aliphatic rings. The number of aliphatic imine (C=N–C) groups is 1. The summed E-state index contributed by atoms with van der Waals surface area (Å²) in [6, 6.07) is 0. The Hall–Kier alpha value is -1.11. The van der Waals surface area contributed by atoms with E-state index in [1.165, 1.54) is 0 Å². The van der Waals surface area contributed by atoms with Crippen molar-refractivity contribution < 1.29 is 4.55 Å². The normalized spacial score (nSPS) is 22.8. The van der Waals surface area contributed by atoms with E-state index in [4.69, 9.17) is 17.2 Å². The maximum atomic E-state index is 9.78. The van der Waals surface area contributed by atoms with Crippen LogP contribution >= 0.6 is 10.8 Å². The molecule has 1 atom stereocenters. The van der Waals surface area contributed by atoms with Crippen molar-refractivity contribution in [2.75, 3.05) is 0 Å². The first-order chi connectivity index (χ1) is 7.21. The molecule has 5 nitrogen and oxygen atoms in total. The molecular weight excluding hydrogens is 224 g/mol. The van der Waals surface area contributed by atoms with Gasteiger partial charge >= 0.3 is 0 Å². The zero-order chi connectivity index (χ0) is 12.7. The highest BCUT2D eigenvalue weighted by Crippen LogP contribution is 2.39. The first-order valence-electron chi connectivity index (χ1n) is 4.75. The second-order valence-corrected chi connectivity index (χ2v) is 6.01. The van der Waals surface area contributed by atoms with E-state index in [1.54, 1.807) is 0 Å². The Bertz CT molecular complexity index is 440. The van der Waals surface area contributed by atoms with Crippen LogP contribution in [0.4, 0.5) is 0 Å². The van der Waals surface area contributed by atoms with Crippen LogP contribution in [0.25, 0.3) is 0 Å². The number of rotatable bonds is 1. The van der Waals surface area contributed by atoms with Gasteiger partial charge in [0.15, 0.2) is 0 Å². The average Bonchev–Trinajstić information content (AvgIpc) is 2.18. The van der Waals surface area contributed by atoms with Crippen LogP contribution in [0, 0.1) is 5.41 Å². The molecule has 1 unspecified atom stereocenters. The van der Waals surface area contributed by atoms with Crippen molar-refractivity contribution in [3.63, 3.8) is 0 Å². The van der Waals surface area contributed by atoms with Crippen molar-refractivity contribution in [1.29, 1.82) is 0 Å². The van der Waals surface area contributed by atoms with Crippen LogP contribution in [-0.4, -0.2) is 16.3 Å². The average molecular weight is 242 g/mol. The Morgan fingerprint density at radius 2 is 1.75 bits per heavy atom. The zero-order valence-corrected chi connectivity index (χ0v) is 10.6. The molecule has 0 saturated carbocycles. The molecule has 0 bridgehead atoms. The van der Waals surface area contributed by atoms with Crippen molar-refractivity contribution in [2.45, 2.75) is 20.8 Å². The van der Waals surface area contributed by atoms with E-state index in [0.29, 0.717) is 11.4 Å². The summed E-state index contributed by atoms with van der Waals surface area (Å²) in [5, 5.41) is 0.204. The van der Waals surface area contributed by atoms with Gasteiger partial charge in [0, 0.05) is 16.3 Å². The van der Waals surface area contributed by atoms with Crippen molar-refractivity contribution in [1.82, 2.24) is 0 Å². The number of hydrogen-bond acceptors (Lipinski definition) is 5. The highest BCUT2D eigenvalue weighted by Gasteiger charge is 2.30. The fourth-order valence-corrected chi connectivity index (χ4v) is 2.50. The van der Waals surface area contributed by atoms with Gasteiger partial charge < -0.3 is 16.0 Å². The lowest BCUT2D eigenvalue weighted by atomic mass is 9.83. The van der Waals surface area contributed by atoms with E-state index in [0.717, 1.165) is 5.57 Å². The van der Waals surface area contributed by atoms with Gasteiger partial charge in [-0.1, -0.05) is 20.8 Å². The molecule has 0 spiro atoms. The predicted molar refractivity (Wildman–Crippen MR) is 70.8 cm³/mol. The minimum Gasteiger partial charge on any atom is -0.396 e. The van der Waals surface area contributed by atoms with E-state index in [2.05, 4.69) is 11.7 Å². The number of allylic oxidation sites excluding steroid dienone is 1. The molecule has 1 aliphatic heterocycles. The minimum atomic E-state index is -1.36. The van der Waals surface area contributed by atoms with Gasteiger partial charge in [-0.05, 0) is 12.1 Å². The fourth-order valence-electron chi connectivity index (χ4n) is 1.60. The molecule has 0 aromatic carbocycles. The van der Waals surface area contributed by atoms with Gasteiger partial charge in [0.2, 0.25) is 0 Å². The molecule has 16 heavy (non-hydrogen) atoms. The molecular formula is C10H18N4OS. The van der Waals surface area contributed by atoms with Crippen LogP contribution in [0.15, 0.2) is 27.0 Å². The summed E-state index contributed by atoms with van der Waals surface area (Å²) >= 11 is 0. The summed E-state index contributed by atoms with van der Waals surface area (Å²) in [7, 11) is -1.36. The van der Waals surface area contributed by atoms with Gasteiger partial charge in [-0.25, -0.2) is 0 Å². The molecule has 90 valence electrons. The second kappa shape index (κ2) is 4.04. The van der Waals surface area contributed by atoms with Crippen LogP contribution in [-0.2, 0) is 0 Å². The molecule has 1 heterocycles. The first kappa shape index (κ1) is 13.0. The summed E-state index contributed by atoms with van der Waals surface area (Å²) < 4.78 is 9.78. The van der Waals surface area contributed by atoms with Gasteiger partial charge in [0.05, 0.1) is 16.4 Å². The summed E-state index contributed by atoms with van der Waals surface area (Å²) in [6.45, 7) is 9.38. The number of nitrogens with two attached hydrogens (primary N) is 3. The second-order valence-electron chi connectivity index (χ2n) is 4.56. The monoisotopic (exact) mass is 242 g/mol. The van der Waals surface area contributed by atoms with E-state index >= 15 is 0 Å². The molecule has 0 aromatic heterocycles. The maximum Gasteiger partial charge on any atom is 0.110 e. The minimum absolute atomic E-state index is 0.204. The van der Waals surface area contributed by atoms with Gasteiger partial charge in [-0.3, -0.25) is 10.7 Å². The molecule has 0 radical (unpaired) electrons. The molecule has 7 N–H and O–H groups in total. The van der Waals surface area contributed by atoms with E-state index in [-0.39, 0.29) is 15.4 Å². The van der Waals surface area contributed by atoms with Crippen molar-refractivity contribution in [3.05, 3.63) is 22.0 Å². The van der Waals surface area contributed by atoms with Crippen LogP contribution in [0.2, 0.25) is 0 Å². The standard InChI is InChI=1S/C10H18N4OS/c1-10(2,3)5-6(11)8(12)16(15)9(13)7(5)14-4/h15H,4,11-13H2,1-3H3. The van der Waals surface area contributed by atoms with Crippen molar-refractivity contribution >= 4 is 22.5 Å². The van der Waals surface area contributed by atoms with Crippen molar-refractivity contribution in [2.24, 2.45) is 27.6 Å². The quantitative estimate of drug-likeness (QED) is 0.404. The van der Waals surface area contributed by atoms with Crippen molar-refractivity contribution in [3.8, 4) is 0 Å². The lowest BCUT2D eigenvalue weighted by Crippen LogP contribution is -2.30. The van der Waals surface area contributed by atoms with Crippen LogP contribution in [0.5, 0.6) is 0 Å². The highest BCUT2D eigenvalue weighted by molar-refractivity contribution is 8.14. The number of nitrogens with zero attached hydrogens (tertiary/aromatic N) is 1. The van der Waals surface area contributed by atoms with Gasteiger partial charge in [0.1, 0.15) is 5.03 Å². The van der Waals surface area contributed by atoms with Crippen LogP contribution in [0.1, 0.15) is 20.8 Å². The maximum absolute atomic E-state index is 9.78. The molecule has 0 aromatic rings. The van der Waals surface area contributed by atoms with Crippen LogP contribution < -0.4 is 17.2 Å². The topological polar surface area (TPSA) is 111 Å². The lowest BCUT2D eigenvalue weighted by molar-refractivity contribution is 0.504. The summed E-state index contributed by atoms with van der Waals surface area (Å²) in [5.41, 5.74) is 18.7. The largest absolute Gasteiger partial charge is 0.396 e. The molecule has 0 saturated heterocycles. The summed E-state index contributed by atoms with van der Waals surface area (Å²) in [4.78, 5) is 4.08. The zero-order valence-electron chi connectivity index (χ0n) is 9.74. The SMILES string of the molecule is C=NC1=C(C(C)(C)C)C(N)=C(N)S(O)=C1N. The van der Waals surface area contributed by atoms with Gasteiger partial charge in [-0.2, -0.15) is 0 Å². The molecule has 6 heteroatoms. The van der Waals surface area contributed by atoms with Gasteiger partial charge in [0.25, 0.3) is 0 Å². The summed E-state index contributed by atoms with van der Waals surface area (Å²) in [5.74, 6) is 0. The summed E-state index contributed by atoms with van der Waals surface area (Å²) in [6.07, 6.45) is 0. The predicted octanol–water partition coefficient (Wildman–Crippen LogP) is 0.918. The Kier molecular flexibility index (Phi) is 3.27. The Morgan fingerprint density at radius 3 is 2.12 bits per heavy atom. The Labute approximate surface area is 97.9 Å². The Morgan fingerprint density at radius 1 is 1.25 bits per heavy atom. The number of hydrogen-bond donors (Lipinski definition) is 4. The van der Waals surface area contributed by atoms with E-state index < -0.39 is 10.8 Å². The van der Waals surface area contributed by atoms with E-state index in [1.807, 2.05) is 20.8 Å². The first-order valence-corrected chi connectivity index (χ1v) is 5.93. The smallest absolute Gasteiger partial charge is 0.110 e. The molecule has 0 aliphatic carbocycles.